The van der Waals surface area contributed by atoms with Gasteiger partial charge in [0, 0.05) is 23.8 Å². The number of hydrogen-bond donors (Lipinski definition) is 3. The van der Waals surface area contributed by atoms with Crippen LogP contribution in [0.1, 0.15) is 19.3 Å². The minimum absolute atomic E-state index is 0.409. The highest BCUT2D eigenvalue weighted by atomic mass is 33.1. The van der Waals surface area contributed by atoms with Crippen LogP contribution in [0.2, 0.25) is 0 Å². The highest BCUT2D eigenvalue weighted by Gasteiger charge is 1.95. The largest absolute Gasteiger partial charge is 0.330 e. The van der Waals surface area contributed by atoms with Crippen LogP contribution in [0.25, 0.3) is 0 Å². The van der Waals surface area contributed by atoms with Gasteiger partial charge in [-0.15, -0.1) is 0 Å². The molecule has 0 amide bonds. The van der Waals surface area contributed by atoms with Crippen molar-refractivity contribution in [1.29, 1.82) is 0 Å². The van der Waals surface area contributed by atoms with Crippen molar-refractivity contribution in [3.8, 4) is 0 Å². The molecule has 0 saturated heterocycles. The Morgan fingerprint density at radius 1 is 1.12 bits per heavy atom. The molecule has 0 aromatic rings. The molecule has 98 valence electrons. The molecule has 1 atom stereocenters. The summed E-state index contributed by atoms with van der Waals surface area (Å²) in [5.74, 6) is 2.57. The van der Waals surface area contributed by atoms with Crippen molar-refractivity contribution in [1.82, 2.24) is 5.32 Å². The van der Waals surface area contributed by atoms with Gasteiger partial charge in [0.25, 0.3) is 0 Å². The summed E-state index contributed by atoms with van der Waals surface area (Å²) in [4.78, 5) is 0. The van der Waals surface area contributed by atoms with E-state index in [2.05, 4.69) is 5.32 Å². The molecule has 0 heterocycles. The Morgan fingerprint density at radius 2 is 1.88 bits per heavy atom. The van der Waals surface area contributed by atoms with E-state index in [1.165, 1.54) is 0 Å². The lowest BCUT2D eigenvalue weighted by Gasteiger charge is -2.03. The molecule has 0 fully saturated rings. The van der Waals surface area contributed by atoms with Crippen LogP contribution in [0.3, 0.4) is 0 Å². The molecule has 4 N–H and O–H groups in total. The second kappa shape index (κ2) is 13.8. The first-order chi connectivity index (χ1) is 7.77. The van der Waals surface area contributed by atoms with Gasteiger partial charge in [-0.1, -0.05) is 21.6 Å². The van der Waals surface area contributed by atoms with Gasteiger partial charge in [-0.25, -0.2) is 4.21 Å². The summed E-state index contributed by atoms with van der Waals surface area (Å²) in [5, 5.41) is 3.32. The molecule has 0 spiro atoms. The zero-order valence-electron chi connectivity index (χ0n) is 9.52. The van der Waals surface area contributed by atoms with Gasteiger partial charge in [-0.2, -0.15) is 0 Å². The van der Waals surface area contributed by atoms with Crippen molar-refractivity contribution in [2.75, 3.05) is 36.9 Å². The molecule has 1 unspecified atom stereocenters. The molecule has 0 aromatic carbocycles. The summed E-state index contributed by atoms with van der Waals surface area (Å²) in [6.07, 6.45) is 2.89. The Labute approximate surface area is 109 Å². The van der Waals surface area contributed by atoms with Crippen molar-refractivity contribution in [2.24, 2.45) is 5.73 Å². The molecule has 0 radical (unpaired) electrons. The third kappa shape index (κ3) is 14.7. The topological polar surface area (TPSA) is 75.3 Å². The summed E-state index contributed by atoms with van der Waals surface area (Å²) < 4.78 is 18.9. The van der Waals surface area contributed by atoms with E-state index in [4.69, 9.17) is 10.3 Å². The number of nitrogens with one attached hydrogen (secondary N) is 1. The highest BCUT2D eigenvalue weighted by Crippen LogP contribution is 2.21. The van der Waals surface area contributed by atoms with Crippen molar-refractivity contribution in [2.45, 2.75) is 19.3 Å². The third-order valence-corrected chi connectivity index (χ3v) is 4.93. The molecule has 16 heavy (non-hydrogen) atoms. The van der Waals surface area contributed by atoms with Gasteiger partial charge in [0.05, 0.1) is 0 Å². The first-order valence-corrected chi connectivity index (χ1v) is 9.26. The molecule has 0 saturated carbocycles. The zero-order chi connectivity index (χ0) is 12.1. The Kier molecular flexibility index (Phi) is 14.4. The second-order valence-corrected chi connectivity index (χ2v) is 7.02. The van der Waals surface area contributed by atoms with Crippen LogP contribution >= 0.6 is 21.6 Å². The van der Waals surface area contributed by atoms with Crippen molar-refractivity contribution in [3.63, 3.8) is 0 Å². The Morgan fingerprint density at radius 3 is 2.56 bits per heavy atom. The first kappa shape index (κ1) is 16.7. The molecule has 4 nitrogen and oxygen atoms in total. The lowest BCUT2D eigenvalue weighted by molar-refractivity contribution is 0.561. The minimum atomic E-state index is -1.62. The fourth-order valence-corrected chi connectivity index (χ4v) is 3.52. The number of rotatable bonds is 12. The predicted octanol–water partition coefficient (Wildman–Crippen LogP) is 1.31. The van der Waals surface area contributed by atoms with Crippen molar-refractivity contribution < 1.29 is 8.76 Å². The minimum Gasteiger partial charge on any atom is -0.330 e. The van der Waals surface area contributed by atoms with Gasteiger partial charge in [-0.3, -0.25) is 0 Å². The summed E-state index contributed by atoms with van der Waals surface area (Å²) in [6, 6.07) is 0. The molecule has 0 bridgehead atoms. The van der Waals surface area contributed by atoms with Crippen LogP contribution in [-0.4, -0.2) is 45.7 Å². The number of nitrogens with two attached hydrogens (primary N) is 1. The maximum absolute atomic E-state index is 10.3. The lowest BCUT2D eigenvalue weighted by atomic mass is 10.4. The van der Waals surface area contributed by atoms with E-state index in [0.717, 1.165) is 50.4 Å². The maximum Gasteiger partial charge on any atom is 0.152 e. The standard InChI is InChI=1S/C9H22N2O2S3/c10-4-3-5-11-6-8-15-14-7-1-2-9-16(12)13/h11H,1-10H2,(H,12,13). The smallest absolute Gasteiger partial charge is 0.152 e. The summed E-state index contributed by atoms with van der Waals surface area (Å²) in [5.41, 5.74) is 5.37. The molecular formula is C9H22N2O2S3. The SMILES string of the molecule is NCCCNCCSSCCCCS(=O)O. The fraction of sp³-hybridized carbons (Fsp3) is 1.00. The molecule has 0 aliphatic heterocycles. The molecule has 0 aliphatic carbocycles. The van der Waals surface area contributed by atoms with E-state index < -0.39 is 11.1 Å². The Bertz CT molecular complexity index is 173. The van der Waals surface area contributed by atoms with E-state index in [-0.39, 0.29) is 0 Å². The van der Waals surface area contributed by atoms with Crippen LogP contribution in [-0.2, 0) is 11.1 Å². The van der Waals surface area contributed by atoms with Gasteiger partial charge in [0.2, 0.25) is 0 Å². The van der Waals surface area contributed by atoms with Crippen LogP contribution < -0.4 is 11.1 Å². The summed E-state index contributed by atoms with van der Waals surface area (Å²) in [6.45, 7) is 2.78. The normalized spacial score (nSPS) is 12.9. The molecular weight excluding hydrogens is 264 g/mol. The number of hydrogen-bond acceptors (Lipinski definition) is 5. The zero-order valence-corrected chi connectivity index (χ0v) is 12.0. The fourth-order valence-electron chi connectivity index (χ4n) is 0.970. The maximum atomic E-state index is 10.3. The average molecular weight is 286 g/mol. The van der Waals surface area contributed by atoms with Crippen molar-refractivity contribution in [3.05, 3.63) is 0 Å². The monoisotopic (exact) mass is 286 g/mol. The van der Waals surface area contributed by atoms with Gasteiger partial charge in [-0.05, 0) is 32.4 Å². The first-order valence-electron chi connectivity index (χ1n) is 5.50. The average Bonchev–Trinajstić information content (AvgIpc) is 2.25. The lowest BCUT2D eigenvalue weighted by Crippen LogP contribution is -2.20. The van der Waals surface area contributed by atoms with Crippen molar-refractivity contribution >= 4 is 32.7 Å². The highest BCUT2D eigenvalue weighted by molar-refractivity contribution is 8.76. The van der Waals surface area contributed by atoms with Crippen LogP contribution in [0.4, 0.5) is 0 Å². The Balaban J connectivity index is 2.90. The van der Waals surface area contributed by atoms with E-state index in [9.17, 15) is 4.21 Å². The number of unbranched alkanes of at least 4 members (excludes halogenated alkanes) is 1. The second-order valence-electron chi connectivity index (χ2n) is 3.27. The third-order valence-electron chi connectivity index (χ3n) is 1.80. The van der Waals surface area contributed by atoms with Crippen LogP contribution in [0.15, 0.2) is 0 Å². The van der Waals surface area contributed by atoms with Gasteiger partial charge in [0.15, 0.2) is 11.1 Å². The van der Waals surface area contributed by atoms with Gasteiger partial charge >= 0.3 is 0 Å². The van der Waals surface area contributed by atoms with E-state index in [1.54, 1.807) is 0 Å². The molecule has 7 heteroatoms. The van der Waals surface area contributed by atoms with Gasteiger partial charge < -0.3 is 15.6 Å². The van der Waals surface area contributed by atoms with Crippen LogP contribution in [0, 0.1) is 0 Å². The van der Waals surface area contributed by atoms with Gasteiger partial charge in [0.1, 0.15) is 0 Å². The molecule has 0 aromatic heterocycles. The van der Waals surface area contributed by atoms with E-state index in [0.29, 0.717) is 5.75 Å². The summed E-state index contributed by atoms with van der Waals surface area (Å²) in [7, 11) is 3.69. The van der Waals surface area contributed by atoms with E-state index >= 15 is 0 Å². The Hall–Kier alpha value is 0.730. The quantitative estimate of drug-likeness (QED) is 0.285. The summed E-state index contributed by atoms with van der Waals surface area (Å²) >= 11 is -1.62. The molecule has 0 rings (SSSR count). The molecule has 0 aliphatic rings. The van der Waals surface area contributed by atoms with E-state index in [1.807, 2.05) is 21.6 Å². The van der Waals surface area contributed by atoms with Crippen LogP contribution in [0.5, 0.6) is 0 Å². The predicted molar refractivity (Wildman–Crippen MR) is 76.3 cm³/mol.